The summed E-state index contributed by atoms with van der Waals surface area (Å²) in [5.41, 5.74) is 3.47. The Morgan fingerprint density at radius 1 is 1.50 bits per heavy atom. The Bertz CT molecular complexity index is 631. The second-order valence-corrected chi connectivity index (χ2v) is 5.78. The van der Waals surface area contributed by atoms with Crippen LogP contribution in [0.4, 0.5) is 0 Å². The van der Waals surface area contributed by atoms with Crippen LogP contribution in [0.25, 0.3) is 0 Å². The molecule has 0 spiro atoms. The third-order valence-electron chi connectivity index (χ3n) is 3.99. The highest BCUT2D eigenvalue weighted by atomic mass is 32.1. The molecule has 4 heteroatoms. The molecule has 0 radical (unpaired) electrons. The zero-order valence-electron chi connectivity index (χ0n) is 11.3. The van der Waals surface area contributed by atoms with Gasteiger partial charge in [0.15, 0.2) is 5.78 Å². The van der Waals surface area contributed by atoms with E-state index in [-0.39, 0.29) is 17.6 Å². The summed E-state index contributed by atoms with van der Waals surface area (Å²) in [5.74, 6) is 0.260. The molecule has 2 aliphatic rings. The van der Waals surface area contributed by atoms with Crippen molar-refractivity contribution in [2.45, 2.75) is 32.3 Å². The van der Waals surface area contributed by atoms with Gasteiger partial charge in [-0.3, -0.25) is 4.79 Å². The third kappa shape index (κ3) is 2.19. The van der Waals surface area contributed by atoms with Crippen LogP contribution >= 0.6 is 12.2 Å². The van der Waals surface area contributed by atoms with Crippen LogP contribution in [-0.4, -0.2) is 28.5 Å². The van der Waals surface area contributed by atoms with E-state index in [0.717, 1.165) is 28.0 Å². The van der Waals surface area contributed by atoms with Crippen molar-refractivity contribution >= 4 is 22.9 Å². The largest absolute Gasteiger partial charge is 0.508 e. The molecule has 0 bridgehead atoms. The van der Waals surface area contributed by atoms with Crippen LogP contribution in [0, 0.1) is 0 Å². The van der Waals surface area contributed by atoms with Crippen LogP contribution in [0.1, 0.15) is 35.7 Å². The Morgan fingerprint density at radius 2 is 2.30 bits per heavy atom. The summed E-state index contributed by atoms with van der Waals surface area (Å²) in [5, 5.41) is 9.54. The first kappa shape index (κ1) is 13.5. The number of Topliss-reactive ketones (excluding diaryl/α,β-unsaturated/α-hetero) is 1. The van der Waals surface area contributed by atoms with Crippen molar-refractivity contribution in [2.75, 3.05) is 6.61 Å². The van der Waals surface area contributed by atoms with Gasteiger partial charge in [-0.25, -0.2) is 0 Å². The van der Waals surface area contributed by atoms with Gasteiger partial charge in [0.05, 0.1) is 12.7 Å². The number of hydrogen-bond acceptors (Lipinski definition) is 4. The Labute approximate surface area is 123 Å². The number of fused-ring (bicyclic) bond motifs is 1. The van der Waals surface area contributed by atoms with Crippen molar-refractivity contribution in [1.29, 1.82) is 0 Å². The molecule has 1 aromatic carbocycles. The summed E-state index contributed by atoms with van der Waals surface area (Å²) in [7, 11) is 0. The lowest BCUT2D eigenvalue weighted by molar-refractivity contribution is 0.0881. The smallest absolute Gasteiger partial charge is 0.189 e. The fourth-order valence-electron chi connectivity index (χ4n) is 2.86. The first-order valence-electron chi connectivity index (χ1n) is 6.82. The Balaban J connectivity index is 1.94. The van der Waals surface area contributed by atoms with E-state index in [1.807, 2.05) is 6.92 Å². The van der Waals surface area contributed by atoms with E-state index >= 15 is 0 Å². The molecule has 3 rings (SSSR count). The Hall–Kier alpha value is -1.52. The SMILES string of the molecule is CCC(=S)C1CC2=C(CO1)Cc1cc(O)ccc1C2=O. The molecule has 0 aromatic heterocycles. The van der Waals surface area contributed by atoms with Gasteiger partial charge in [-0.1, -0.05) is 19.1 Å². The average molecular weight is 288 g/mol. The van der Waals surface area contributed by atoms with Crippen LogP contribution < -0.4 is 0 Å². The summed E-state index contributed by atoms with van der Waals surface area (Å²) < 4.78 is 5.78. The fourth-order valence-corrected chi connectivity index (χ4v) is 3.01. The maximum Gasteiger partial charge on any atom is 0.189 e. The molecule has 1 aromatic rings. The first-order valence-corrected chi connectivity index (χ1v) is 7.22. The van der Waals surface area contributed by atoms with E-state index in [4.69, 9.17) is 17.0 Å². The molecule has 1 aliphatic carbocycles. The monoisotopic (exact) mass is 288 g/mol. The minimum atomic E-state index is -0.114. The lowest BCUT2D eigenvalue weighted by Gasteiger charge is -2.31. The maximum atomic E-state index is 12.6. The highest BCUT2D eigenvalue weighted by Crippen LogP contribution is 2.34. The predicted molar refractivity (Wildman–Crippen MR) is 80.4 cm³/mol. The number of hydrogen-bond donors (Lipinski definition) is 1. The summed E-state index contributed by atoms with van der Waals surface area (Å²) in [6, 6.07) is 4.94. The quantitative estimate of drug-likeness (QED) is 0.850. The van der Waals surface area contributed by atoms with Gasteiger partial charge in [0.1, 0.15) is 5.75 Å². The van der Waals surface area contributed by atoms with E-state index in [1.165, 1.54) is 0 Å². The number of benzene rings is 1. The number of carbonyl (C=O) groups excluding carboxylic acids is 1. The molecule has 3 nitrogen and oxygen atoms in total. The van der Waals surface area contributed by atoms with Crippen LogP contribution in [-0.2, 0) is 11.2 Å². The van der Waals surface area contributed by atoms with E-state index < -0.39 is 0 Å². The van der Waals surface area contributed by atoms with Gasteiger partial charge < -0.3 is 9.84 Å². The van der Waals surface area contributed by atoms with Gasteiger partial charge >= 0.3 is 0 Å². The maximum absolute atomic E-state index is 12.6. The van der Waals surface area contributed by atoms with Crippen LogP contribution in [0.5, 0.6) is 5.75 Å². The Kier molecular flexibility index (Phi) is 3.44. The molecule has 0 amide bonds. The predicted octanol–water partition coefficient (Wildman–Crippen LogP) is 3.00. The number of phenolic OH excluding ortho intramolecular Hbond substituents is 1. The number of rotatable bonds is 2. The van der Waals surface area contributed by atoms with Gasteiger partial charge in [-0.15, -0.1) is 0 Å². The highest BCUT2D eigenvalue weighted by molar-refractivity contribution is 7.80. The fraction of sp³-hybridized carbons (Fsp3) is 0.375. The van der Waals surface area contributed by atoms with E-state index in [0.29, 0.717) is 25.0 Å². The number of aromatic hydroxyl groups is 1. The molecule has 20 heavy (non-hydrogen) atoms. The lowest BCUT2D eigenvalue weighted by atomic mass is 9.81. The molecule has 1 N–H and O–H groups in total. The standard InChI is InChI=1S/C16H16O3S/c1-2-15(20)14-7-13-10(8-19-14)5-9-6-11(17)3-4-12(9)16(13)18/h3-4,6,14,17H,2,5,7-8H2,1H3. The van der Waals surface area contributed by atoms with Crippen molar-refractivity contribution < 1.29 is 14.6 Å². The van der Waals surface area contributed by atoms with Crippen molar-refractivity contribution in [2.24, 2.45) is 0 Å². The van der Waals surface area contributed by atoms with Gasteiger partial charge in [0.25, 0.3) is 0 Å². The summed E-state index contributed by atoms with van der Waals surface area (Å²) in [6.07, 6.45) is 1.94. The minimum absolute atomic E-state index is 0.0634. The van der Waals surface area contributed by atoms with Crippen molar-refractivity contribution in [3.05, 3.63) is 40.5 Å². The van der Waals surface area contributed by atoms with Gasteiger partial charge in [-0.05, 0) is 42.2 Å². The highest BCUT2D eigenvalue weighted by Gasteiger charge is 2.32. The first-order chi connectivity index (χ1) is 9.60. The van der Waals surface area contributed by atoms with Gasteiger partial charge in [0.2, 0.25) is 0 Å². The topological polar surface area (TPSA) is 46.5 Å². The molecular weight excluding hydrogens is 272 g/mol. The molecule has 104 valence electrons. The molecule has 1 heterocycles. The zero-order chi connectivity index (χ0) is 14.3. The number of thiocarbonyl (C=S) groups is 1. The summed E-state index contributed by atoms with van der Waals surface area (Å²) in [4.78, 5) is 13.5. The van der Waals surface area contributed by atoms with Crippen LogP contribution in [0.3, 0.4) is 0 Å². The molecule has 1 aliphatic heterocycles. The molecule has 1 atom stereocenters. The second-order valence-electron chi connectivity index (χ2n) is 5.25. The number of phenols is 1. The van der Waals surface area contributed by atoms with E-state index in [1.54, 1.807) is 18.2 Å². The van der Waals surface area contributed by atoms with Crippen molar-refractivity contribution in [3.8, 4) is 5.75 Å². The third-order valence-corrected chi connectivity index (χ3v) is 4.55. The minimum Gasteiger partial charge on any atom is -0.508 e. The zero-order valence-corrected chi connectivity index (χ0v) is 12.1. The van der Waals surface area contributed by atoms with E-state index in [9.17, 15) is 9.90 Å². The van der Waals surface area contributed by atoms with Crippen LogP contribution in [0.2, 0.25) is 0 Å². The average Bonchev–Trinajstić information content (AvgIpc) is 2.46. The van der Waals surface area contributed by atoms with Gasteiger partial charge in [-0.2, -0.15) is 0 Å². The molecule has 0 saturated carbocycles. The second kappa shape index (κ2) is 5.11. The van der Waals surface area contributed by atoms with Gasteiger partial charge in [0, 0.05) is 22.4 Å². The molecule has 1 unspecified atom stereocenters. The number of ketones is 1. The normalized spacial score (nSPS) is 21.4. The van der Waals surface area contributed by atoms with Crippen LogP contribution in [0.15, 0.2) is 29.3 Å². The molecule has 0 fully saturated rings. The number of carbonyl (C=O) groups is 1. The number of ether oxygens (including phenoxy) is 1. The molecular formula is C16H16O3S. The van der Waals surface area contributed by atoms with Crippen molar-refractivity contribution in [1.82, 2.24) is 0 Å². The van der Waals surface area contributed by atoms with Crippen molar-refractivity contribution in [3.63, 3.8) is 0 Å². The molecule has 0 saturated heterocycles. The lowest BCUT2D eigenvalue weighted by Crippen LogP contribution is -2.33. The summed E-state index contributed by atoms with van der Waals surface area (Å²) >= 11 is 5.31. The van der Waals surface area contributed by atoms with E-state index in [2.05, 4.69) is 0 Å². The Morgan fingerprint density at radius 3 is 3.05 bits per heavy atom. The summed E-state index contributed by atoms with van der Waals surface area (Å²) in [6.45, 7) is 2.47.